The molecule has 0 saturated carbocycles. The molecule has 0 aliphatic carbocycles. The Morgan fingerprint density at radius 2 is 2.00 bits per heavy atom. The van der Waals surface area contributed by atoms with Crippen molar-refractivity contribution in [3.05, 3.63) is 23.5 Å². The highest BCUT2D eigenvalue weighted by Crippen LogP contribution is 2.39. The van der Waals surface area contributed by atoms with Gasteiger partial charge in [-0.3, -0.25) is 9.59 Å². The Bertz CT molecular complexity index is 873. The first-order valence-electron chi connectivity index (χ1n) is 9.90. The molecule has 1 saturated heterocycles. The summed E-state index contributed by atoms with van der Waals surface area (Å²) in [4.78, 5) is 26.7. The topological polar surface area (TPSA) is 81.0 Å². The van der Waals surface area contributed by atoms with E-state index in [2.05, 4.69) is 5.32 Å². The highest BCUT2D eigenvalue weighted by atomic mass is 16.5. The van der Waals surface area contributed by atoms with Crippen LogP contribution in [0.3, 0.4) is 0 Å². The van der Waals surface area contributed by atoms with Crippen molar-refractivity contribution in [2.24, 2.45) is 0 Å². The zero-order valence-corrected chi connectivity index (χ0v) is 17.0. The molecule has 1 aromatic carbocycles. The Labute approximate surface area is 165 Å². The van der Waals surface area contributed by atoms with Crippen molar-refractivity contribution < 1.29 is 23.5 Å². The number of carbonyl (C=O) groups is 2. The molecule has 0 bridgehead atoms. The molecule has 28 heavy (non-hydrogen) atoms. The first kappa shape index (κ1) is 20.0. The van der Waals surface area contributed by atoms with E-state index in [4.69, 9.17) is 13.9 Å². The van der Waals surface area contributed by atoms with Crippen LogP contribution in [-0.4, -0.2) is 49.1 Å². The predicted molar refractivity (Wildman–Crippen MR) is 106 cm³/mol. The van der Waals surface area contributed by atoms with Crippen LogP contribution in [0, 0.1) is 6.92 Å². The zero-order valence-electron chi connectivity index (χ0n) is 17.0. The fourth-order valence-corrected chi connectivity index (χ4v) is 3.61. The van der Waals surface area contributed by atoms with Gasteiger partial charge in [-0.1, -0.05) is 6.92 Å². The molecule has 152 valence electrons. The molecular weight excluding hydrogens is 360 g/mol. The third-order valence-electron chi connectivity index (χ3n) is 4.86. The predicted octanol–water partition coefficient (Wildman–Crippen LogP) is 3.28. The minimum absolute atomic E-state index is 0.0773. The third-order valence-corrected chi connectivity index (χ3v) is 4.86. The second-order valence-corrected chi connectivity index (χ2v) is 6.91. The van der Waals surface area contributed by atoms with Crippen molar-refractivity contribution in [2.75, 3.05) is 26.3 Å². The van der Waals surface area contributed by atoms with Crippen LogP contribution in [0.15, 0.2) is 16.5 Å². The molecule has 0 spiro atoms. The molecule has 0 radical (unpaired) electrons. The van der Waals surface area contributed by atoms with Crippen LogP contribution in [0.1, 0.15) is 49.7 Å². The molecule has 7 nitrogen and oxygen atoms in total. The van der Waals surface area contributed by atoms with E-state index >= 15 is 0 Å². The minimum atomic E-state index is -0.315. The monoisotopic (exact) mass is 388 g/mol. The summed E-state index contributed by atoms with van der Waals surface area (Å²) in [6.45, 7) is 9.88. The van der Waals surface area contributed by atoms with Crippen molar-refractivity contribution in [1.29, 1.82) is 0 Å². The van der Waals surface area contributed by atoms with Gasteiger partial charge in [0.05, 0.1) is 19.3 Å². The van der Waals surface area contributed by atoms with E-state index in [0.29, 0.717) is 49.8 Å². The first-order valence-corrected chi connectivity index (χ1v) is 9.90. The third kappa shape index (κ3) is 3.79. The number of benzene rings is 1. The lowest BCUT2D eigenvalue weighted by Crippen LogP contribution is -2.37. The van der Waals surface area contributed by atoms with Crippen LogP contribution in [0.4, 0.5) is 0 Å². The molecule has 2 amide bonds. The van der Waals surface area contributed by atoms with Crippen molar-refractivity contribution in [3.8, 4) is 11.5 Å². The summed E-state index contributed by atoms with van der Waals surface area (Å²) in [5, 5.41) is 3.75. The summed E-state index contributed by atoms with van der Waals surface area (Å²) in [6, 6.07) is 3.50. The molecule has 3 rings (SSSR count). The molecule has 1 aromatic heterocycles. The average molecular weight is 388 g/mol. The highest BCUT2D eigenvalue weighted by Gasteiger charge is 2.31. The van der Waals surface area contributed by atoms with Gasteiger partial charge < -0.3 is 24.1 Å². The summed E-state index contributed by atoms with van der Waals surface area (Å²) in [6.07, 6.45) is 1.22. The van der Waals surface area contributed by atoms with Gasteiger partial charge in [0.15, 0.2) is 17.1 Å². The van der Waals surface area contributed by atoms with Gasteiger partial charge in [0.1, 0.15) is 0 Å². The second-order valence-electron chi connectivity index (χ2n) is 6.91. The van der Waals surface area contributed by atoms with Gasteiger partial charge in [0, 0.05) is 30.5 Å². The number of hydrogen-bond donors (Lipinski definition) is 1. The molecule has 1 fully saturated rings. The largest absolute Gasteiger partial charge is 0.490 e. The molecule has 1 atom stereocenters. The van der Waals surface area contributed by atoms with Crippen LogP contribution in [0.5, 0.6) is 11.5 Å². The van der Waals surface area contributed by atoms with E-state index in [0.717, 1.165) is 17.4 Å². The number of aryl methyl sites for hydroxylation is 1. The molecule has 2 heterocycles. The lowest BCUT2D eigenvalue weighted by atomic mass is 10.1. The normalized spacial score (nSPS) is 16.6. The summed E-state index contributed by atoms with van der Waals surface area (Å²) in [7, 11) is 0. The van der Waals surface area contributed by atoms with Crippen LogP contribution < -0.4 is 14.8 Å². The van der Waals surface area contributed by atoms with Crippen molar-refractivity contribution in [3.63, 3.8) is 0 Å². The number of furan rings is 1. The highest BCUT2D eigenvalue weighted by molar-refractivity contribution is 6.01. The maximum atomic E-state index is 12.8. The molecule has 7 heteroatoms. The van der Waals surface area contributed by atoms with Crippen LogP contribution >= 0.6 is 0 Å². The van der Waals surface area contributed by atoms with Crippen LogP contribution in [0.25, 0.3) is 11.0 Å². The van der Waals surface area contributed by atoms with Gasteiger partial charge in [-0.2, -0.15) is 0 Å². The standard InChI is InChI=1S/C21H28N2O5/c1-5-10-23-12-14(11-17(23)24)22-21(25)18-13(4)15-8-9-16(26-6-2)20(27-7-3)19(15)28-18/h8-9,14H,5-7,10-12H2,1-4H3,(H,22,25). The van der Waals surface area contributed by atoms with Gasteiger partial charge in [-0.05, 0) is 39.3 Å². The molecule has 1 aliphatic heterocycles. The fraction of sp³-hybridized carbons (Fsp3) is 0.524. The summed E-state index contributed by atoms with van der Waals surface area (Å²) < 4.78 is 17.3. The second kappa shape index (κ2) is 8.54. The number of carbonyl (C=O) groups excluding carboxylic acids is 2. The number of fused-ring (bicyclic) bond motifs is 1. The van der Waals surface area contributed by atoms with Crippen molar-refractivity contribution in [1.82, 2.24) is 10.2 Å². The number of amides is 2. The minimum Gasteiger partial charge on any atom is -0.490 e. The van der Waals surface area contributed by atoms with Gasteiger partial charge in [0.25, 0.3) is 5.91 Å². The lowest BCUT2D eigenvalue weighted by Gasteiger charge is -2.15. The number of ether oxygens (including phenoxy) is 2. The van der Waals surface area contributed by atoms with Gasteiger partial charge in [0.2, 0.25) is 11.7 Å². The molecule has 1 aliphatic rings. The number of likely N-dealkylation sites (tertiary alicyclic amines) is 1. The molecule has 1 unspecified atom stereocenters. The number of rotatable bonds is 8. The Hall–Kier alpha value is -2.70. The van der Waals surface area contributed by atoms with E-state index in [9.17, 15) is 9.59 Å². The van der Waals surface area contributed by atoms with Crippen molar-refractivity contribution in [2.45, 2.75) is 46.6 Å². The SMILES string of the molecule is CCCN1CC(NC(=O)c2oc3c(OCC)c(OCC)ccc3c2C)CC1=O. The summed E-state index contributed by atoms with van der Waals surface area (Å²) >= 11 is 0. The Kier molecular flexibility index (Phi) is 6.11. The number of nitrogens with zero attached hydrogens (tertiary/aromatic N) is 1. The van der Waals surface area contributed by atoms with E-state index in [1.165, 1.54) is 0 Å². The summed E-state index contributed by atoms with van der Waals surface area (Å²) in [5.41, 5.74) is 1.25. The Morgan fingerprint density at radius 1 is 1.25 bits per heavy atom. The quantitative estimate of drug-likeness (QED) is 0.751. The van der Waals surface area contributed by atoms with Gasteiger partial charge in [-0.25, -0.2) is 0 Å². The van der Waals surface area contributed by atoms with E-state index < -0.39 is 0 Å². The van der Waals surface area contributed by atoms with Crippen molar-refractivity contribution >= 4 is 22.8 Å². The Balaban J connectivity index is 1.86. The average Bonchev–Trinajstić information content (AvgIpc) is 3.18. The van der Waals surface area contributed by atoms with E-state index in [-0.39, 0.29) is 23.6 Å². The van der Waals surface area contributed by atoms with Gasteiger partial charge in [-0.15, -0.1) is 0 Å². The van der Waals surface area contributed by atoms with E-state index in [1.54, 1.807) is 4.90 Å². The number of hydrogen-bond acceptors (Lipinski definition) is 5. The maximum Gasteiger partial charge on any atom is 0.287 e. The fourth-order valence-electron chi connectivity index (χ4n) is 3.61. The molecule has 1 N–H and O–H groups in total. The maximum absolute atomic E-state index is 12.8. The van der Waals surface area contributed by atoms with E-state index in [1.807, 2.05) is 39.8 Å². The van der Waals surface area contributed by atoms with Crippen LogP contribution in [-0.2, 0) is 4.79 Å². The zero-order chi connectivity index (χ0) is 20.3. The Morgan fingerprint density at radius 3 is 2.68 bits per heavy atom. The first-order chi connectivity index (χ1) is 13.5. The smallest absolute Gasteiger partial charge is 0.287 e. The lowest BCUT2D eigenvalue weighted by molar-refractivity contribution is -0.127. The summed E-state index contributed by atoms with van der Waals surface area (Å²) in [5.74, 6) is 1.10. The van der Waals surface area contributed by atoms with Gasteiger partial charge >= 0.3 is 0 Å². The molecular formula is C21H28N2O5. The number of nitrogens with one attached hydrogen (secondary N) is 1. The van der Waals surface area contributed by atoms with Crippen LogP contribution in [0.2, 0.25) is 0 Å². The molecule has 2 aromatic rings.